The SMILES string of the molecule is COc1cc(Cl)c(C2(C(=O)O)CCCCC2)c(C)c1OC. The molecule has 1 aromatic rings. The van der Waals surface area contributed by atoms with Crippen molar-refractivity contribution < 1.29 is 19.4 Å². The Labute approximate surface area is 130 Å². The molecule has 1 aromatic carbocycles. The molecule has 0 spiro atoms. The second-order valence-corrected chi connectivity index (χ2v) is 5.95. The van der Waals surface area contributed by atoms with E-state index in [4.69, 9.17) is 21.1 Å². The van der Waals surface area contributed by atoms with Crippen LogP contribution in [0.5, 0.6) is 11.5 Å². The molecule has 116 valence electrons. The van der Waals surface area contributed by atoms with Gasteiger partial charge in [-0.15, -0.1) is 0 Å². The molecule has 0 heterocycles. The normalized spacial score (nSPS) is 17.3. The fourth-order valence-corrected chi connectivity index (χ4v) is 3.87. The van der Waals surface area contributed by atoms with Crippen molar-refractivity contribution in [2.24, 2.45) is 0 Å². The fraction of sp³-hybridized carbons (Fsp3) is 0.562. The fourth-order valence-electron chi connectivity index (χ4n) is 3.45. The minimum atomic E-state index is -0.918. The summed E-state index contributed by atoms with van der Waals surface area (Å²) in [5.41, 5.74) is 0.513. The zero-order valence-corrected chi connectivity index (χ0v) is 13.4. The van der Waals surface area contributed by atoms with Gasteiger partial charge in [0.25, 0.3) is 0 Å². The standard InChI is InChI=1S/C16H21ClO4/c1-10-13(11(17)9-12(20-2)14(10)21-3)16(15(18)19)7-5-4-6-8-16/h9H,4-8H2,1-3H3,(H,18,19). The predicted molar refractivity (Wildman–Crippen MR) is 81.7 cm³/mol. The lowest BCUT2D eigenvalue weighted by Crippen LogP contribution is -2.38. The highest BCUT2D eigenvalue weighted by molar-refractivity contribution is 6.32. The van der Waals surface area contributed by atoms with Gasteiger partial charge >= 0.3 is 5.97 Å². The number of rotatable bonds is 4. The Morgan fingerprint density at radius 2 is 1.86 bits per heavy atom. The van der Waals surface area contributed by atoms with Crippen molar-refractivity contribution in [3.05, 3.63) is 22.2 Å². The molecule has 0 amide bonds. The summed E-state index contributed by atoms with van der Waals surface area (Å²) >= 11 is 6.41. The van der Waals surface area contributed by atoms with Crippen LogP contribution in [0.2, 0.25) is 5.02 Å². The molecule has 0 saturated heterocycles. The quantitative estimate of drug-likeness (QED) is 0.914. The minimum Gasteiger partial charge on any atom is -0.493 e. The predicted octanol–water partition coefficient (Wildman–Crippen LogP) is 3.95. The summed E-state index contributed by atoms with van der Waals surface area (Å²) in [6.07, 6.45) is 4.09. The summed E-state index contributed by atoms with van der Waals surface area (Å²) in [4.78, 5) is 12.0. The summed E-state index contributed by atoms with van der Waals surface area (Å²) in [5.74, 6) is 0.280. The van der Waals surface area contributed by atoms with E-state index in [0.29, 0.717) is 34.9 Å². The molecular formula is C16H21ClO4. The molecule has 1 N–H and O–H groups in total. The summed E-state index contributed by atoms with van der Waals surface area (Å²) < 4.78 is 10.7. The second kappa shape index (κ2) is 6.14. The molecule has 1 aliphatic rings. The highest BCUT2D eigenvalue weighted by Crippen LogP contribution is 2.48. The number of carbonyl (C=O) groups is 1. The average molecular weight is 313 g/mol. The van der Waals surface area contributed by atoms with Crippen molar-refractivity contribution in [1.82, 2.24) is 0 Å². The second-order valence-electron chi connectivity index (χ2n) is 5.54. The van der Waals surface area contributed by atoms with Crippen molar-refractivity contribution in [3.63, 3.8) is 0 Å². The Kier molecular flexibility index (Phi) is 4.67. The van der Waals surface area contributed by atoms with Gasteiger partial charge in [0.15, 0.2) is 11.5 Å². The van der Waals surface area contributed by atoms with E-state index in [-0.39, 0.29) is 0 Å². The lowest BCUT2D eigenvalue weighted by atomic mass is 9.68. The molecular weight excluding hydrogens is 292 g/mol. The lowest BCUT2D eigenvalue weighted by Gasteiger charge is -2.36. The maximum atomic E-state index is 12.0. The van der Waals surface area contributed by atoms with Crippen LogP contribution in [0.1, 0.15) is 43.2 Å². The monoisotopic (exact) mass is 312 g/mol. The van der Waals surface area contributed by atoms with Crippen LogP contribution in [0.25, 0.3) is 0 Å². The van der Waals surface area contributed by atoms with Crippen molar-refractivity contribution in [2.75, 3.05) is 14.2 Å². The van der Waals surface area contributed by atoms with Gasteiger partial charge in [-0.25, -0.2) is 0 Å². The van der Waals surface area contributed by atoms with Crippen LogP contribution in [0.15, 0.2) is 6.07 Å². The van der Waals surface area contributed by atoms with Gasteiger partial charge in [0, 0.05) is 16.7 Å². The van der Waals surface area contributed by atoms with E-state index in [1.165, 1.54) is 0 Å². The number of benzene rings is 1. The summed E-state index contributed by atoms with van der Waals surface area (Å²) in [7, 11) is 3.09. The van der Waals surface area contributed by atoms with Gasteiger partial charge in [0.1, 0.15) is 0 Å². The van der Waals surface area contributed by atoms with Crippen molar-refractivity contribution in [3.8, 4) is 11.5 Å². The number of hydrogen-bond donors (Lipinski definition) is 1. The maximum absolute atomic E-state index is 12.0. The summed E-state index contributed by atoms with van der Waals surface area (Å²) in [5, 5.41) is 10.3. The smallest absolute Gasteiger partial charge is 0.314 e. The minimum absolute atomic E-state index is 0.439. The van der Waals surface area contributed by atoms with Gasteiger partial charge < -0.3 is 14.6 Å². The molecule has 0 atom stereocenters. The van der Waals surface area contributed by atoms with Crippen LogP contribution in [0.4, 0.5) is 0 Å². The third kappa shape index (κ3) is 2.57. The lowest BCUT2D eigenvalue weighted by molar-refractivity contribution is -0.145. The van der Waals surface area contributed by atoms with E-state index in [1.807, 2.05) is 6.92 Å². The molecule has 1 saturated carbocycles. The maximum Gasteiger partial charge on any atom is 0.314 e. The first-order chi connectivity index (χ1) is 9.97. The molecule has 4 nitrogen and oxygen atoms in total. The Bertz CT molecular complexity index is 548. The number of carboxylic acid groups (broad SMARTS) is 1. The van der Waals surface area contributed by atoms with Crippen molar-refractivity contribution in [2.45, 2.75) is 44.4 Å². The van der Waals surface area contributed by atoms with Gasteiger partial charge in [0.2, 0.25) is 0 Å². The van der Waals surface area contributed by atoms with E-state index >= 15 is 0 Å². The van der Waals surface area contributed by atoms with Crippen LogP contribution in [-0.4, -0.2) is 25.3 Å². The number of halogens is 1. The first-order valence-electron chi connectivity index (χ1n) is 7.13. The summed E-state index contributed by atoms with van der Waals surface area (Å²) in [6, 6.07) is 1.65. The first-order valence-corrected chi connectivity index (χ1v) is 7.50. The van der Waals surface area contributed by atoms with Crippen LogP contribution in [0, 0.1) is 6.92 Å². The molecule has 0 unspecified atom stereocenters. The number of methoxy groups -OCH3 is 2. The molecule has 0 bridgehead atoms. The molecule has 5 heteroatoms. The van der Waals surface area contributed by atoms with E-state index in [0.717, 1.165) is 24.8 Å². The highest BCUT2D eigenvalue weighted by Gasteiger charge is 2.44. The van der Waals surface area contributed by atoms with E-state index in [9.17, 15) is 9.90 Å². The van der Waals surface area contributed by atoms with Gasteiger partial charge in [-0.1, -0.05) is 30.9 Å². The molecule has 0 aliphatic heterocycles. The number of aliphatic carboxylic acids is 1. The first kappa shape index (κ1) is 16.0. The van der Waals surface area contributed by atoms with Crippen molar-refractivity contribution >= 4 is 17.6 Å². The van der Waals surface area contributed by atoms with Gasteiger partial charge in [-0.2, -0.15) is 0 Å². The highest BCUT2D eigenvalue weighted by atomic mass is 35.5. The van der Waals surface area contributed by atoms with Crippen LogP contribution in [-0.2, 0) is 10.2 Å². The Hall–Kier alpha value is -1.42. The largest absolute Gasteiger partial charge is 0.493 e. The third-order valence-electron chi connectivity index (χ3n) is 4.46. The van der Waals surface area contributed by atoms with E-state index in [1.54, 1.807) is 20.3 Å². The van der Waals surface area contributed by atoms with Gasteiger partial charge in [-0.05, 0) is 25.3 Å². The Morgan fingerprint density at radius 3 is 2.33 bits per heavy atom. The van der Waals surface area contributed by atoms with Crippen LogP contribution < -0.4 is 9.47 Å². The molecule has 0 aromatic heterocycles. The zero-order valence-electron chi connectivity index (χ0n) is 12.7. The van der Waals surface area contributed by atoms with E-state index < -0.39 is 11.4 Å². The zero-order chi connectivity index (χ0) is 15.6. The van der Waals surface area contributed by atoms with E-state index in [2.05, 4.69) is 0 Å². The van der Waals surface area contributed by atoms with Gasteiger partial charge in [-0.3, -0.25) is 4.79 Å². The van der Waals surface area contributed by atoms with Crippen LogP contribution >= 0.6 is 11.6 Å². The topological polar surface area (TPSA) is 55.8 Å². The van der Waals surface area contributed by atoms with Crippen molar-refractivity contribution in [1.29, 1.82) is 0 Å². The summed E-state index contributed by atoms with van der Waals surface area (Å²) in [6.45, 7) is 1.85. The van der Waals surface area contributed by atoms with Gasteiger partial charge in [0.05, 0.1) is 19.6 Å². The molecule has 1 aliphatic carbocycles. The number of hydrogen-bond acceptors (Lipinski definition) is 3. The molecule has 1 fully saturated rings. The Balaban J connectivity index is 2.69. The number of ether oxygens (including phenoxy) is 2. The van der Waals surface area contributed by atoms with Crippen LogP contribution in [0.3, 0.4) is 0 Å². The average Bonchev–Trinajstić information content (AvgIpc) is 2.47. The number of carboxylic acids is 1. The molecule has 21 heavy (non-hydrogen) atoms. The molecule has 0 radical (unpaired) electrons. The molecule has 2 rings (SSSR count). The Morgan fingerprint density at radius 1 is 1.24 bits per heavy atom. The third-order valence-corrected chi connectivity index (χ3v) is 4.75.